The Morgan fingerprint density at radius 1 is 1.53 bits per heavy atom. The van der Waals surface area contributed by atoms with Crippen molar-refractivity contribution in [2.24, 2.45) is 5.73 Å². The number of ether oxygens (including phenoxy) is 1. The Labute approximate surface area is 106 Å². The minimum Gasteiger partial charge on any atom is -0.504 e. The van der Waals surface area contributed by atoms with Gasteiger partial charge in [0.15, 0.2) is 11.5 Å². The van der Waals surface area contributed by atoms with Crippen molar-refractivity contribution in [3.63, 3.8) is 0 Å². The SMILES string of the molecule is COc1cc(C#N)cc([C@@H](N)CCO)c1O.Cl. The van der Waals surface area contributed by atoms with E-state index in [0.29, 0.717) is 17.5 Å². The lowest BCUT2D eigenvalue weighted by atomic mass is 10.0. The van der Waals surface area contributed by atoms with Crippen molar-refractivity contribution in [3.8, 4) is 17.6 Å². The van der Waals surface area contributed by atoms with Gasteiger partial charge >= 0.3 is 0 Å². The lowest BCUT2D eigenvalue weighted by molar-refractivity contribution is 0.275. The van der Waals surface area contributed by atoms with E-state index in [-0.39, 0.29) is 30.5 Å². The van der Waals surface area contributed by atoms with Gasteiger partial charge < -0.3 is 20.7 Å². The number of nitrogens with two attached hydrogens (primary N) is 1. The number of methoxy groups -OCH3 is 1. The molecule has 5 nitrogen and oxygen atoms in total. The minimum atomic E-state index is -0.521. The van der Waals surface area contributed by atoms with Crippen LogP contribution in [0.15, 0.2) is 12.1 Å². The Bertz CT molecular complexity index is 418. The van der Waals surface area contributed by atoms with Crippen molar-refractivity contribution < 1.29 is 14.9 Å². The first-order chi connectivity index (χ1) is 7.63. The Balaban J connectivity index is 0.00000256. The maximum absolute atomic E-state index is 9.81. The van der Waals surface area contributed by atoms with Gasteiger partial charge in [0.1, 0.15) is 0 Å². The summed E-state index contributed by atoms with van der Waals surface area (Å²) < 4.78 is 4.94. The molecule has 1 aromatic carbocycles. The van der Waals surface area contributed by atoms with Gasteiger partial charge in [-0.15, -0.1) is 12.4 Å². The van der Waals surface area contributed by atoms with Gasteiger partial charge in [-0.25, -0.2) is 0 Å². The molecule has 1 atom stereocenters. The lowest BCUT2D eigenvalue weighted by Gasteiger charge is -2.15. The quantitative estimate of drug-likeness (QED) is 0.750. The van der Waals surface area contributed by atoms with Crippen molar-refractivity contribution in [1.29, 1.82) is 5.26 Å². The van der Waals surface area contributed by atoms with Gasteiger partial charge in [0.05, 0.1) is 18.7 Å². The van der Waals surface area contributed by atoms with Gasteiger partial charge in [-0.3, -0.25) is 0 Å². The van der Waals surface area contributed by atoms with Crippen LogP contribution in [0.4, 0.5) is 0 Å². The molecule has 0 radical (unpaired) electrons. The topological polar surface area (TPSA) is 99.5 Å². The van der Waals surface area contributed by atoms with Crippen LogP contribution in [0.2, 0.25) is 0 Å². The molecular formula is C11H15ClN2O3. The molecule has 0 unspecified atom stereocenters. The molecule has 0 fully saturated rings. The van der Waals surface area contributed by atoms with Crippen molar-refractivity contribution in [2.45, 2.75) is 12.5 Å². The lowest BCUT2D eigenvalue weighted by Crippen LogP contribution is -2.12. The molecule has 0 bridgehead atoms. The molecule has 0 spiro atoms. The van der Waals surface area contributed by atoms with Crippen molar-refractivity contribution >= 4 is 12.4 Å². The first-order valence-electron chi connectivity index (χ1n) is 4.81. The smallest absolute Gasteiger partial charge is 0.162 e. The second kappa shape index (κ2) is 6.97. The van der Waals surface area contributed by atoms with Gasteiger partial charge in [0.2, 0.25) is 0 Å². The molecule has 0 aliphatic rings. The summed E-state index contributed by atoms with van der Waals surface area (Å²) in [7, 11) is 1.40. The maximum atomic E-state index is 9.81. The largest absolute Gasteiger partial charge is 0.504 e. The Kier molecular flexibility index (Phi) is 6.36. The molecule has 0 aromatic heterocycles. The highest BCUT2D eigenvalue weighted by Gasteiger charge is 2.16. The summed E-state index contributed by atoms with van der Waals surface area (Å²) in [5.74, 6) is 0.130. The van der Waals surface area contributed by atoms with E-state index in [1.807, 2.05) is 6.07 Å². The fourth-order valence-electron chi connectivity index (χ4n) is 1.43. The molecule has 6 heteroatoms. The fourth-order valence-corrected chi connectivity index (χ4v) is 1.43. The number of aliphatic hydroxyl groups is 1. The summed E-state index contributed by atoms with van der Waals surface area (Å²) >= 11 is 0. The number of hydrogen-bond acceptors (Lipinski definition) is 5. The van der Waals surface area contributed by atoms with Crippen LogP contribution in [0.1, 0.15) is 23.6 Å². The predicted molar refractivity (Wildman–Crippen MR) is 65.3 cm³/mol. The molecule has 4 N–H and O–H groups in total. The molecule has 0 amide bonds. The summed E-state index contributed by atoms with van der Waals surface area (Å²) in [4.78, 5) is 0. The summed E-state index contributed by atoms with van der Waals surface area (Å²) in [6.07, 6.45) is 0.311. The highest BCUT2D eigenvalue weighted by molar-refractivity contribution is 5.85. The number of halogens is 1. The van der Waals surface area contributed by atoms with E-state index in [2.05, 4.69) is 0 Å². The number of phenolic OH excluding ortho intramolecular Hbond substituents is 1. The molecule has 0 aliphatic carbocycles. The van der Waals surface area contributed by atoms with Gasteiger partial charge in [-0.1, -0.05) is 0 Å². The Morgan fingerprint density at radius 2 is 2.18 bits per heavy atom. The summed E-state index contributed by atoms with van der Waals surface area (Å²) in [6, 6.07) is 4.37. The normalized spacial score (nSPS) is 11.2. The van der Waals surface area contributed by atoms with Crippen LogP contribution < -0.4 is 10.5 Å². The predicted octanol–water partition coefficient (Wildman–Crippen LogP) is 1.08. The van der Waals surface area contributed by atoms with Crippen molar-refractivity contribution in [3.05, 3.63) is 23.3 Å². The van der Waals surface area contributed by atoms with Crippen LogP contribution in [0, 0.1) is 11.3 Å². The van der Waals surface area contributed by atoms with Crippen molar-refractivity contribution in [1.82, 2.24) is 0 Å². The third-order valence-electron chi connectivity index (χ3n) is 2.29. The van der Waals surface area contributed by atoms with E-state index in [9.17, 15) is 5.11 Å². The average molecular weight is 259 g/mol. The minimum absolute atomic E-state index is 0. The summed E-state index contributed by atoms with van der Waals surface area (Å²) in [5.41, 5.74) is 6.54. The number of benzene rings is 1. The first-order valence-corrected chi connectivity index (χ1v) is 4.81. The summed E-state index contributed by atoms with van der Waals surface area (Å²) in [5, 5.41) is 27.4. The number of rotatable bonds is 4. The number of aliphatic hydroxyl groups excluding tert-OH is 1. The molecular weight excluding hydrogens is 244 g/mol. The third kappa shape index (κ3) is 3.49. The van der Waals surface area contributed by atoms with Crippen molar-refractivity contribution in [2.75, 3.05) is 13.7 Å². The number of nitriles is 1. The van der Waals surface area contributed by atoms with Gasteiger partial charge in [-0.2, -0.15) is 5.26 Å². The molecule has 1 aromatic rings. The molecule has 0 saturated heterocycles. The molecule has 17 heavy (non-hydrogen) atoms. The zero-order chi connectivity index (χ0) is 12.1. The number of aromatic hydroxyl groups is 1. The maximum Gasteiger partial charge on any atom is 0.162 e. The van der Waals surface area contributed by atoms with E-state index in [1.54, 1.807) is 0 Å². The average Bonchev–Trinajstić information content (AvgIpc) is 2.29. The number of phenols is 1. The van der Waals surface area contributed by atoms with Crippen LogP contribution in [-0.2, 0) is 0 Å². The number of hydrogen-bond donors (Lipinski definition) is 3. The van der Waals surface area contributed by atoms with Crippen LogP contribution in [0.25, 0.3) is 0 Å². The zero-order valence-electron chi connectivity index (χ0n) is 9.38. The van der Waals surface area contributed by atoms with Crippen LogP contribution >= 0.6 is 12.4 Å². The monoisotopic (exact) mass is 258 g/mol. The standard InChI is InChI=1S/C11H14N2O3.ClH/c1-16-10-5-7(6-12)4-8(11(10)15)9(13)2-3-14;/h4-5,9,14-15H,2-3,13H2,1H3;1H/t9-;/m0./s1. The van der Waals surface area contributed by atoms with E-state index in [1.165, 1.54) is 19.2 Å². The second-order valence-corrected chi connectivity index (χ2v) is 3.35. The molecule has 0 heterocycles. The molecule has 0 saturated carbocycles. The Morgan fingerprint density at radius 3 is 2.65 bits per heavy atom. The zero-order valence-corrected chi connectivity index (χ0v) is 10.2. The highest BCUT2D eigenvalue weighted by atomic mass is 35.5. The van der Waals surface area contributed by atoms with Crippen LogP contribution in [0.3, 0.4) is 0 Å². The molecule has 0 aliphatic heterocycles. The summed E-state index contributed by atoms with van der Waals surface area (Å²) in [6.45, 7) is -0.0836. The number of nitrogens with zero attached hydrogens (tertiary/aromatic N) is 1. The van der Waals surface area contributed by atoms with Gasteiger partial charge in [0.25, 0.3) is 0 Å². The second-order valence-electron chi connectivity index (χ2n) is 3.35. The highest BCUT2D eigenvalue weighted by Crippen LogP contribution is 2.35. The van der Waals surface area contributed by atoms with Crippen LogP contribution in [-0.4, -0.2) is 23.9 Å². The first kappa shape index (κ1) is 15.5. The van der Waals surface area contributed by atoms with E-state index in [4.69, 9.17) is 20.8 Å². The van der Waals surface area contributed by atoms with Crippen LogP contribution in [0.5, 0.6) is 11.5 Å². The van der Waals surface area contributed by atoms with Gasteiger partial charge in [0, 0.05) is 24.3 Å². The molecule has 94 valence electrons. The van der Waals surface area contributed by atoms with E-state index >= 15 is 0 Å². The molecule has 1 rings (SSSR count). The van der Waals surface area contributed by atoms with E-state index in [0.717, 1.165) is 0 Å². The van der Waals surface area contributed by atoms with Gasteiger partial charge in [-0.05, 0) is 12.5 Å². The fraction of sp³-hybridized carbons (Fsp3) is 0.364. The van der Waals surface area contributed by atoms with E-state index < -0.39 is 6.04 Å². The Hall–Kier alpha value is -1.48. The third-order valence-corrected chi connectivity index (χ3v) is 2.29.